The van der Waals surface area contributed by atoms with Crippen LogP contribution in [0.5, 0.6) is 0 Å². The van der Waals surface area contributed by atoms with E-state index in [9.17, 15) is 8.42 Å². The summed E-state index contributed by atoms with van der Waals surface area (Å²) in [6.45, 7) is 5.94. The minimum absolute atomic E-state index is 0.205. The summed E-state index contributed by atoms with van der Waals surface area (Å²) in [5, 5.41) is 3.21. The van der Waals surface area contributed by atoms with E-state index in [-0.39, 0.29) is 11.5 Å². The maximum Gasteiger partial charge on any atom is 0.153 e. The average Bonchev–Trinajstić information content (AvgIpc) is 2.39. The highest BCUT2D eigenvalue weighted by molar-refractivity contribution is 7.91. The van der Waals surface area contributed by atoms with Gasteiger partial charge in [0.1, 0.15) is 17.5 Å². The Hall–Kier alpha value is -1.37. The molecule has 0 spiro atoms. The number of aromatic nitrogens is 2. The zero-order chi connectivity index (χ0) is 14.6. The first kappa shape index (κ1) is 15.0. The van der Waals surface area contributed by atoms with Gasteiger partial charge in [0.2, 0.25) is 0 Å². The van der Waals surface area contributed by atoms with Crippen LogP contribution in [-0.4, -0.2) is 49.5 Å². The molecule has 1 aliphatic heterocycles. The molecule has 7 heteroatoms. The van der Waals surface area contributed by atoms with Crippen LogP contribution >= 0.6 is 0 Å². The molecule has 1 aliphatic rings. The number of hydrogen-bond donors (Lipinski definition) is 1. The molecule has 0 atom stereocenters. The number of anilines is 2. The van der Waals surface area contributed by atoms with E-state index >= 15 is 0 Å². The maximum atomic E-state index is 11.5. The molecule has 1 saturated heterocycles. The van der Waals surface area contributed by atoms with E-state index < -0.39 is 9.84 Å². The first-order valence-electron chi connectivity index (χ1n) is 7.11. The number of sulfone groups is 1. The summed E-state index contributed by atoms with van der Waals surface area (Å²) < 4.78 is 23.0. The minimum Gasteiger partial charge on any atom is -0.370 e. The van der Waals surface area contributed by atoms with E-state index in [0.717, 1.165) is 36.8 Å². The van der Waals surface area contributed by atoms with Gasteiger partial charge in [-0.05, 0) is 13.3 Å². The van der Waals surface area contributed by atoms with E-state index in [2.05, 4.69) is 22.2 Å². The fourth-order valence-electron chi connectivity index (χ4n) is 2.19. The van der Waals surface area contributed by atoms with Gasteiger partial charge in [-0.2, -0.15) is 0 Å². The number of nitrogens with zero attached hydrogens (tertiary/aromatic N) is 3. The van der Waals surface area contributed by atoms with Crippen molar-refractivity contribution in [3.05, 3.63) is 11.9 Å². The van der Waals surface area contributed by atoms with E-state index in [4.69, 9.17) is 0 Å². The first-order valence-corrected chi connectivity index (χ1v) is 8.93. The average molecular weight is 298 g/mol. The van der Waals surface area contributed by atoms with E-state index in [1.54, 1.807) is 0 Å². The third kappa shape index (κ3) is 3.82. The van der Waals surface area contributed by atoms with Gasteiger partial charge in [0.15, 0.2) is 9.84 Å². The van der Waals surface area contributed by atoms with E-state index in [0.29, 0.717) is 13.1 Å². The molecule has 0 unspecified atom stereocenters. The number of hydrogen-bond acceptors (Lipinski definition) is 6. The second-order valence-electron chi connectivity index (χ2n) is 4.95. The fourth-order valence-corrected chi connectivity index (χ4v) is 3.39. The molecule has 0 saturated carbocycles. The highest BCUT2D eigenvalue weighted by Crippen LogP contribution is 2.19. The van der Waals surface area contributed by atoms with Gasteiger partial charge in [-0.15, -0.1) is 0 Å². The minimum atomic E-state index is -2.87. The first-order chi connectivity index (χ1) is 9.54. The molecule has 112 valence electrons. The number of rotatable bonds is 5. The van der Waals surface area contributed by atoms with Crippen LogP contribution in [0.3, 0.4) is 0 Å². The topological polar surface area (TPSA) is 75.2 Å². The van der Waals surface area contributed by atoms with Gasteiger partial charge in [0, 0.05) is 32.1 Å². The Bertz CT molecular complexity index is 521. The predicted octanol–water partition coefficient (Wildman–Crippen LogP) is 1.10. The van der Waals surface area contributed by atoms with Crippen molar-refractivity contribution in [1.29, 1.82) is 0 Å². The van der Waals surface area contributed by atoms with Gasteiger partial charge >= 0.3 is 0 Å². The smallest absolute Gasteiger partial charge is 0.153 e. The van der Waals surface area contributed by atoms with E-state index in [1.165, 1.54) is 0 Å². The summed E-state index contributed by atoms with van der Waals surface area (Å²) in [4.78, 5) is 11.1. The Morgan fingerprint density at radius 2 is 1.95 bits per heavy atom. The predicted molar refractivity (Wildman–Crippen MR) is 81.1 cm³/mol. The van der Waals surface area contributed by atoms with Crippen molar-refractivity contribution < 1.29 is 8.42 Å². The number of nitrogens with one attached hydrogen (secondary N) is 1. The Kier molecular flexibility index (Phi) is 4.80. The monoisotopic (exact) mass is 298 g/mol. The Morgan fingerprint density at radius 3 is 2.55 bits per heavy atom. The van der Waals surface area contributed by atoms with Crippen molar-refractivity contribution in [2.24, 2.45) is 0 Å². The van der Waals surface area contributed by atoms with Crippen LogP contribution in [0, 0.1) is 0 Å². The Labute approximate surface area is 120 Å². The molecular weight excluding hydrogens is 276 g/mol. The van der Waals surface area contributed by atoms with Crippen LogP contribution in [-0.2, 0) is 16.3 Å². The molecule has 0 aliphatic carbocycles. The van der Waals surface area contributed by atoms with Gasteiger partial charge in [-0.3, -0.25) is 0 Å². The standard InChI is InChI=1S/C13H22N4O2S/c1-3-5-11-15-12(14-4-2)10-13(16-11)17-6-8-20(18,19)9-7-17/h10H,3-9H2,1-2H3,(H,14,15,16). The lowest BCUT2D eigenvalue weighted by Gasteiger charge is -2.28. The van der Waals surface area contributed by atoms with Crippen LogP contribution in [0.4, 0.5) is 11.6 Å². The van der Waals surface area contributed by atoms with E-state index in [1.807, 2.05) is 17.9 Å². The lowest BCUT2D eigenvalue weighted by Crippen LogP contribution is -2.40. The van der Waals surface area contributed by atoms with Crippen molar-refractivity contribution in [1.82, 2.24) is 9.97 Å². The second kappa shape index (κ2) is 6.39. The van der Waals surface area contributed by atoms with Crippen molar-refractivity contribution >= 4 is 21.5 Å². The van der Waals surface area contributed by atoms with Crippen LogP contribution in [0.2, 0.25) is 0 Å². The molecule has 6 nitrogen and oxygen atoms in total. The summed E-state index contributed by atoms with van der Waals surface area (Å²) >= 11 is 0. The Balaban J connectivity index is 2.21. The van der Waals surface area contributed by atoms with Crippen molar-refractivity contribution in [3.8, 4) is 0 Å². The van der Waals surface area contributed by atoms with Crippen LogP contribution in [0.25, 0.3) is 0 Å². The Morgan fingerprint density at radius 1 is 1.25 bits per heavy atom. The highest BCUT2D eigenvalue weighted by atomic mass is 32.2. The van der Waals surface area contributed by atoms with Crippen LogP contribution < -0.4 is 10.2 Å². The van der Waals surface area contributed by atoms with Crippen molar-refractivity contribution in [2.75, 3.05) is 41.4 Å². The molecule has 0 bridgehead atoms. The molecule has 0 aromatic carbocycles. The van der Waals surface area contributed by atoms with Gasteiger partial charge < -0.3 is 10.2 Å². The molecule has 0 amide bonds. The lowest BCUT2D eigenvalue weighted by atomic mass is 10.3. The fraction of sp³-hybridized carbons (Fsp3) is 0.692. The summed E-state index contributed by atoms with van der Waals surface area (Å²) in [7, 11) is -2.87. The summed E-state index contributed by atoms with van der Waals surface area (Å²) in [5.41, 5.74) is 0. The summed E-state index contributed by atoms with van der Waals surface area (Å²) in [6.07, 6.45) is 1.82. The SMILES string of the molecule is CCCc1nc(NCC)cc(N2CCS(=O)(=O)CC2)n1. The molecule has 1 N–H and O–H groups in total. The van der Waals surface area contributed by atoms with Crippen molar-refractivity contribution in [3.63, 3.8) is 0 Å². The zero-order valence-electron chi connectivity index (χ0n) is 12.1. The van der Waals surface area contributed by atoms with Gasteiger partial charge in [0.05, 0.1) is 11.5 Å². The summed E-state index contributed by atoms with van der Waals surface area (Å²) in [5.74, 6) is 2.87. The molecule has 1 fully saturated rings. The maximum absolute atomic E-state index is 11.5. The molecular formula is C13H22N4O2S. The third-order valence-electron chi connectivity index (χ3n) is 3.26. The zero-order valence-corrected chi connectivity index (χ0v) is 12.9. The highest BCUT2D eigenvalue weighted by Gasteiger charge is 2.23. The molecule has 0 radical (unpaired) electrons. The molecule has 1 aromatic heterocycles. The number of aryl methyl sites for hydroxylation is 1. The van der Waals surface area contributed by atoms with Gasteiger partial charge in [0.25, 0.3) is 0 Å². The molecule has 1 aromatic rings. The second-order valence-corrected chi connectivity index (χ2v) is 7.25. The quantitative estimate of drug-likeness (QED) is 0.877. The normalized spacial score (nSPS) is 18.0. The van der Waals surface area contributed by atoms with Gasteiger partial charge in [-0.25, -0.2) is 18.4 Å². The van der Waals surface area contributed by atoms with Gasteiger partial charge in [-0.1, -0.05) is 6.92 Å². The van der Waals surface area contributed by atoms with Crippen LogP contribution in [0.15, 0.2) is 6.07 Å². The third-order valence-corrected chi connectivity index (χ3v) is 4.87. The molecule has 20 heavy (non-hydrogen) atoms. The van der Waals surface area contributed by atoms with Crippen molar-refractivity contribution in [2.45, 2.75) is 26.7 Å². The van der Waals surface area contributed by atoms with Crippen LogP contribution in [0.1, 0.15) is 26.1 Å². The molecule has 2 heterocycles. The largest absolute Gasteiger partial charge is 0.370 e. The lowest BCUT2D eigenvalue weighted by molar-refractivity contribution is 0.586. The summed E-state index contributed by atoms with van der Waals surface area (Å²) in [6, 6.07) is 1.90. The molecule has 2 rings (SSSR count).